The number of fused-ring (bicyclic) bond motifs is 3. The molecule has 0 saturated heterocycles. The molecule has 1 atom stereocenters. The van der Waals surface area contributed by atoms with Gasteiger partial charge in [-0.2, -0.15) is 0 Å². The van der Waals surface area contributed by atoms with E-state index in [-0.39, 0.29) is 0 Å². The Morgan fingerprint density at radius 2 is 2.05 bits per heavy atom. The van der Waals surface area contributed by atoms with Crippen LogP contribution < -0.4 is 0 Å². The van der Waals surface area contributed by atoms with E-state index in [4.69, 9.17) is 0 Å². The van der Waals surface area contributed by atoms with Gasteiger partial charge in [0.05, 0.1) is 16.8 Å². The number of H-pyrrole nitrogens is 1. The van der Waals surface area contributed by atoms with Crippen molar-refractivity contribution < 1.29 is 5.11 Å². The van der Waals surface area contributed by atoms with Crippen LogP contribution in [0.15, 0.2) is 60.8 Å². The molecule has 2 aromatic heterocycles. The highest BCUT2D eigenvalue weighted by atomic mass is 16.3. The number of rotatable bonds is 2. The average molecular weight is 276 g/mol. The summed E-state index contributed by atoms with van der Waals surface area (Å²) in [7, 11) is 0. The van der Waals surface area contributed by atoms with Gasteiger partial charge in [-0.15, -0.1) is 0 Å². The van der Waals surface area contributed by atoms with Crippen LogP contribution in [0.3, 0.4) is 0 Å². The molecule has 3 aromatic rings. The van der Waals surface area contributed by atoms with Gasteiger partial charge >= 0.3 is 0 Å². The molecular formula is C18H16N2O. The van der Waals surface area contributed by atoms with Crippen LogP contribution in [0.4, 0.5) is 0 Å². The van der Waals surface area contributed by atoms with Gasteiger partial charge in [0.15, 0.2) is 0 Å². The maximum atomic E-state index is 10.7. The molecule has 2 heterocycles. The molecule has 3 nitrogen and oxygen atoms in total. The van der Waals surface area contributed by atoms with Gasteiger partial charge in [-0.3, -0.25) is 4.98 Å². The van der Waals surface area contributed by atoms with Crippen molar-refractivity contribution in [2.75, 3.05) is 0 Å². The van der Waals surface area contributed by atoms with Crippen LogP contribution in [0.5, 0.6) is 0 Å². The van der Waals surface area contributed by atoms with Gasteiger partial charge < -0.3 is 10.1 Å². The third-order valence-corrected chi connectivity index (χ3v) is 4.10. The van der Waals surface area contributed by atoms with Gasteiger partial charge in [0.25, 0.3) is 0 Å². The number of nitrogens with one attached hydrogen (secondary N) is 1. The van der Waals surface area contributed by atoms with Gasteiger partial charge in [0.1, 0.15) is 0 Å². The van der Waals surface area contributed by atoms with E-state index < -0.39 is 5.60 Å². The minimum atomic E-state index is -0.840. The molecule has 0 spiro atoms. The van der Waals surface area contributed by atoms with E-state index in [2.05, 4.69) is 22.1 Å². The molecule has 1 unspecified atom stereocenters. The first-order valence-corrected chi connectivity index (χ1v) is 7.16. The Hall–Kier alpha value is -2.39. The second-order valence-corrected chi connectivity index (χ2v) is 5.62. The zero-order chi connectivity index (χ0) is 14.3. The third kappa shape index (κ3) is 2.06. The molecule has 1 aromatic carbocycles. The van der Waals surface area contributed by atoms with Crippen LogP contribution in [-0.2, 0) is 6.42 Å². The highest BCUT2D eigenvalue weighted by molar-refractivity contribution is 6.07. The van der Waals surface area contributed by atoms with Crippen molar-refractivity contribution in [3.8, 4) is 0 Å². The second-order valence-electron chi connectivity index (χ2n) is 5.62. The Kier molecular flexibility index (Phi) is 2.69. The zero-order valence-corrected chi connectivity index (χ0v) is 11.6. The fraction of sp³-hybridized carbons (Fsp3) is 0.167. The second kappa shape index (κ2) is 4.57. The van der Waals surface area contributed by atoms with E-state index in [9.17, 15) is 5.11 Å². The van der Waals surface area contributed by atoms with Crippen LogP contribution in [0.1, 0.15) is 12.1 Å². The fourth-order valence-electron chi connectivity index (χ4n) is 3.04. The number of pyridine rings is 1. The Morgan fingerprint density at radius 1 is 1.14 bits per heavy atom. The standard InChI is InChI=1S/C18H16N2O/c21-18(9-4-1-5-10-18)12-16-17-14(8-11-19-16)13-6-2-3-7-15(13)20-17/h1-9,11,20-21H,10,12H2. The Labute approximate surface area is 122 Å². The van der Waals surface area contributed by atoms with Crippen molar-refractivity contribution in [2.24, 2.45) is 0 Å². The third-order valence-electron chi connectivity index (χ3n) is 4.10. The highest BCUT2D eigenvalue weighted by Gasteiger charge is 2.26. The van der Waals surface area contributed by atoms with Gasteiger partial charge in [0, 0.05) is 28.9 Å². The summed E-state index contributed by atoms with van der Waals surface area (Å²) in [5.74, 6) is 0. The lowest BCUT2D eigenvalue weighted by molar-refractivity contribution is 0.0927. The summed E-state index contributed by atoms with van der Waals surface area (Å²) in [4.78, 5) is 7.93. The first-order chi connectivity index (χ1) is 10.3. The molecule has 1 aliphatic carbocycles. The molecule has 0 aliphatic heterocycles. The molecule has 21 heavy (non-hydrogen) atoms. The normalized spacial score (nSPS) is 21.4. The molecule has 1 aliphatic rings. The van der Waals surface area contributed by atoms with Crippen LogP contribution in [0.25, 0.3) is 21.8 Å². The summed E-state index contributed by atoms with van der Waals surface area (Å²) in [6, 6.07) is 10.3. The molecule has 4 rings (SSSR count). The Balaban J connectivity index is 1.85. The summed E-state index contributed by atoms with van der Waals surface area (Å²) in [5.41, 5.74) is 2.20. The molecular weight excluding hydrogens is 260 g/mol. The van der Waals surface area contributed by atoms with Crippen molar-refractivity contribution in [1.29, 1.82) is 0 Å². The lowest BCUT2D eigenvalue weighted by Crippen LogP contribution is -2.29. The highest BCUT2D eigenvalue weighted by Crippen LogP contribution is 2.29. The minimum Gasteiger partial charge on any atom is -0.385 e. The summed E-state index contributed by atoms with van der Waals surface area (Å²) in [5, 5.41) is 13.0. The lowest BCUT2D eigenvalue weighted by atomic mass is 9.90. The Morgan fingerprint density at radius 3 is 2.90 bits per heavy atom. The zero-order valence-electron chi connectivity index (χ0n) is 11.6. The predicted octanol–water partition coefficient (Wildman–Crippen LogP) is 3.51. The summed E-state index contributed by atoms with van der Waals surface area (Å²) < 4.78 is 0. The van der Waals surface area contributed by atoms with Crippen molar-refractivity contribution in [2.45, 2.75) is 18.4 Å². The van der Waals surface area contributed by atoms with E-state index in [1.54, 1.807) is 0 Å². The monoisotopic (exact) mass is 276 g/mol. The van der Waals surface area contributed by atoms with Crippen LogP contribution in [0.2, 0.25) is 0 Å². The van der Waals surface area contributed by atoms with E-state index in [1.807, 2.05) is 48.7 Å². The first kappa shape index (κ1) is 12.4. The molecule has 0 radical (unpaired) electrons. The number of aromatic nitrogens is 2. The van der Waals surface area contributed by atoms with E-state index in [0.29, 0.717) is 12.8 Å². The summed E-state index contributed by atoms with van der Waals surface area (Å²) in [6.45, 7) is 0. The van der Waals surface area contributed by atoms with E-state index in [1.165, 1.54) is 5.39 Å². The van der Waals surface area contributed by atoms with Gasteiger partial charge in [-0.05, 0) is 18.6 Å². The molecule has 104 valence electrons. The van der Waals surface area contributed by atoms with E-state index in [0.717, 1.165) is 22.1 Å². The fourth-order valence-corrected chi connectivity index (χ4v) is 3.04. The molecule has 0 amide bonds. The van der Waals surface area contributed by atoms with Crippen LogP contribution >= 0.6 is 0 Å². The SMILES string of the molecule is OC1(Cc2nccc3c2[nH]c2ccccc23)C=CC=CC1. The summed E-state index contributed by atoms with van der Waals surface area (Å²) in [6.07, 6.45) is 10.7. The predicted molar refractivity (Wildman–Crippen MR) is 85.2 cm³/mol. The number of hydrogen-bond acceptors (Lipinski definition) is 2. The maximum Gasteiger partial charge on any atom is 0.0921 e. The minimum absolute atomic E-state index is 0.512. The topological polar surface area (TPSA) is 48.9 Å². The molecule has 3 heteroatoms. The number of nitrogens with zero attached hydrogens (tertiary/aromatic N) is 1. The smallest absolute Gasteiger partial charge is 0.0921 e. The van der Waals surface area contributed by atoms with Crippen molar-refractivity contribution in [3.63, 3.8) is 0 Å². The molecule has 2 N–H and O–H groups in total. The number of aromatic amines is 1. The maximum absolute atomic E-state index is 10.7. The number of allylic oxidation sites excluding steroid dienone is 2. The van der Waals surface area contributed by atoms with Crippen molar-refractivity contribution in [1.82, 2.24) is 9.97 Å². The molecule has 0 bridgehead atoms. The molecule has 0 saturated carbocycles. The van der Waals surface area contributed by atoms with Crippen molar-refractivity contribution >= 4 is 21.8 Å². The first-order valence-electron chi connectivity index (χ1n) is 7.16. The van der Waals surface area contributed by atoms with Gasteiger partial charge in [-0.25, -0.2) is 0 Å². The number of benzene rings is 1. The largest absolute Gasteiger partial charge is 0.385 e. The number of aliphatic hydroxyl groups is 1. The quantitative estimate of drug-likeness (QED) is 0.752. The van der Waals surface area contributed by atoms with Gasteiger partial charge in [-0.1, -0.05) is 42.5 Å². The number of hydrogen-bond donors (Lipinski definition) is 2. The number of para-hydroxylation sites is 1. The van der Waals surface area contributed by atoms with Crippen molar-refractivity contribution in [3.05, 3.63) is 66.5 Å². The summed E-state index contributed by atoms with van der Waals surface area (Å²) >= 11 is 0. The van der Waals surface area contributed by atoms with E-state index >= 15 is 0 Å². The molecule has 0 fully saturated rings. The van der Waals surface area contributed by atoms with Gasteiger partial charge in [0.2, 0.25) is 0 Å². The van der Waals surface area contributed by atoms with Crippen LogP contribution in [0, 0.1) is 0 Å². The Bertz CT molecular complexity index is 875. The van der Waals surface area contributed by atoms with Crippen LogP contribution in [-0.4, -0.2) is 20.7 Å². The average Bonchev–Trinajstić information content (AvgIpc) is 2.88. The lowest BCUT2D eigenvalue weighted by Gasteiger charge is -2.24.